The van der Waals surface area contributed by atoms with E-state index in [4.69, 9.17) is 0 Å². The molecular weight excluding hydrogens is 432 g/mol. The summed E-state index contributed by atoms with van der Waals surface area (Å²) in [6.45, 7) is 4.10. The van der Waals surface area contributed by atoms with Crippen molar-refractivity contribution in [2.45, 2.75) is 19.5 Å². The van der Waals surface area contributed by atoms with E-state index in [1.54, 1.807) is 12.1 Å². The van der Waals surface area contributed by atoms with Gasteiger partial charge in [-0.15, -0.1) is 0 Å². The maximum absolute atomic E-state index is 13.5. The number of fused-ring (bicyclic) bond motifs is 1. The molecule has 1 N–H and O–H groups in total. The third kappa shape index (κ3) is 4.13. The highest BCUT2D eigenvalue weighted by Gasteiger charge is 2.37. The average Bonchev–Trinajstić information content (AvgIpc) is 3.12. The van der Waals surface area contributed by atoms with E-state index in [-0.39, 0.29) is 31.3 Å². The van der Waals surface area contributed by atoms with Crippen LogP contribution in [0.3, 0.4) is 0 Å². The molecule has 4 amide bonds. The molecule has 2 aromatic carbocycles. The molecular formula is C23H23F2N5O3. The van der Waals surface area contributed by atoms with Gasteiger partial charge in [-0.25, -0.2) is 23.6 Å². The standard InChI is InChI=1S/C23H23F2N5O3/c24-19-4-2-17(12-20(19)25)28-9-7-27(8-10-28)13-15-1-3-18-16(11-15)14-30(22(18)32)29-6-5-21(31)26-23(29)33/h1-4,11-12H,5-10,13-14H2,(H,26,31,33). The van der Waals surface area contributed by atoms with Gasteiger partial charge in [0.2, 0.25) is 5.91 Å². The SMILES string of the molecule is O=C1CCN(N2Cc3cc(CN4CCN(c5ccc(F)c(F)c5)CC4)ccc3C2=O)C(=O)N1. The van der Waals surface area contributed by atoms with Crippen molar-refractivity contribution in [2.24, 2.45) is 0 Å². The lowest BCUT2D eigenvalue weighted by molar-refractivity contribution is -0.123. The van der Waals surface area contributed by atoms with Gasteiger partial charge in [0.05, 0.1) is 13.1 Å². The quantitative estimate of drug-likeness (QED) is 0.764. The highest BCUT2D eigenvalue weighted by Crippen LogP contribution is 2.27. The lowest BCUT2D eigenvalue weighted by Gasteiger charge is -2.36. The summed E-state index contributed by atoms with van der Waals surface area (Å²) < 4.78 is 26.7. The molecule has 2 saturated heterocycles. The zero-order chi connectivity index (χ0) is 23.1. The van der Waals surface area contributed by atoms with Gasteiger partial charge in [-0.05, 0) is 29.3 Å². The summed E-state index contributed by atoms with van der Waals surface area (Å²) in [5.74, 6) is -2.28. The molecule has 0 saturated carbocycles. The molecule has 3 aliphatic rings. The molecule has 5 rings (SSSR count). The fraction of sp³-hybridized carbons (Fsp3) is 0.348. The molecule has 3 heterocycles. The number of carbonyl (C=O) groups excluding carboxylic acids is 3. The van der Waals surface area contributed by atoms with E-state index < -0.39 is 17.7 Å². The van der Waals surface area contributed by atoms with Crippen LogP contribution in [0.15, 0.2) is 36.4 Å². The van der Waals surface area contributed by atoms with Crippen LogP contribution in [0.2, 0.25) is 0 Å². The number of anilines is 1. The monoisotopic (exact) mass is 455 g/mol. The third-order valence-corrected chi connectivity index (χ3v) is 6.32. The Bertz CT molecular complexity index is 1130. The molecule has 0 radical (unpaired) electrons. The van der Waals surface area contributed by atoms with Crippen LogP contribution in [0.1, 0.15) is 27.9 Å². The van der Waals surface area contributed by atoms with Crippen LogP contribution in [0, 0.1) is 11.6 Å². The zero-order valence-corrected chi connectivity index (χ0v) is 17.9. The van der Waals surface area contributed by atoms with Gasteiger partial charge in [0, 0.05) is 56.5 Å². The minimum absolute atomic E-state index is 0.160. The van der Waals surface area contributed by atoms with Crippen LogP contribution in [0.25, 0.3) is 0 Å². The molecule has 0 aliphatic carbocycles. The van der Waals surface area contributed by atoms with Crippen LogP contribution >= 0.6 is 0 Å². The number of nitrogens with one attached hydrogen (secondary N) is 1. The average molecular weight is 455 g/mol. The second-order valence-corrected chi connectivity index (χ2v) is 8.44. The van der Waals surface area contributed by atoms with Crippen LogP contribution in [-0.2, 0) is 17.9 Å². The van der Waals surface area contributed by atoms with Crippen LogP contribution in [-0.4, -0.2) is 65.5 Å². The van der Waals surface area contributed by atoms with E-state index in [2.05, 4.69) is 10.2 Å². The molecule has 2 aromatic rings. The normalized spacial score (nSPS) is 19.2. The van der Waals surface area contributed by atoms with Crippen molar-refractivity contribution >= 4 is 23.5 Å². The van der Waals surface area contributed by atoms with Gasteiger partial charge in [-0.2, -0.15) is 0 Å². The molecule has 0 spiro atoms. The summed E-state index contributed by atoms with van der Waals surface area (Å²) in [7, 11) is 0. The number of carbonyl (C=O) groups is 3. The first-order chi connectivity index (χ1) is 15.9. The number of hydrogen-bond acceptors (Lipinski definition) is 5. The fourth-order valence-corrected chi connectivity index (χ4v) is 4.54. The van der Waals surface area contributed by atoms with E-state index >= 15 is 0 Å². The Morgan fingerprint density at radius 3 is 2.36 bits per heavy atom. The molecule has 0 bridgehead atoms. The summed E-state index contributed by atoms with van der Waals surface area (Å²) in [5.41, 5.74) is 3.14. The summed E-state index contributed by atoms with van der Waals surface area (Å²) >= 11 is 0. The first-order valence-electron chi connectivity index (χ1n) is 10.9. The van der Waals surface area contributed by atoms with E-state index in [1.807, 2.05) is 17.0 Å². The predicted octanol–water partition coefficient (Wildman–Crippen LogP) is 2.10. The molecule has 172 valence electrons. The Labute approximate surface area is 189 Å². The van der Waals surface area contributed by atoms with Crippen molar-refractivity contribution in [2.75, 3.05) is 37.6 Å². The Kier molecular flexibility index (Phi) is 5.45. The fourth-order valence-electron chi connectivity index (χ4n) is 4.54. The van der Waals surface area contributed by atoms with Gasteiger partial charge >= 0.3 is 6.03 Å². The summed E-state index contributed by atoms with van der Waals surface area (Å²) in [4.78, 5) is 40.6. The Hall–Kier alpha value is -3.53. The Morgan fingerprint density at radius 2 is 1.64 bits per heavy atom. The van der Waals surface area contributed by atoms with E-state index in [0.717, 1.165) is 30.3 Å². The number of hydrazine groups is 1. The molecule has 0 atom stereocenters. The minimum Gasteiger partial charge on any atom is -0.369 e. The minimum atomic E-state index is -0.847. The maximum Gasteiger partial charge on any atom is 0.342 e. The largest absolute Gasteiger partial charge is 0.369 e. The van der Waals surface area contributed by atoms with Crippen LogP contribution in [0.4, 0.5) is 19.3 Å². The highest BCUT2D eigenvalue weighted by atomic mass is 19.2. The molecule has 33 heavy (non-hydrogen) atoms. The second kappa shape index (κ2) is 8.43. The molecule has 8 nitrogen and oxygen atoms in total. The lowest BCUT2D eigenvalue weighted by atomic mass is 10.1. The smallest absolute Gasteiger partial charge is 0.342 e. The number of imide groups is 1. The highest BCUT2D eigenvalue weighted by molar-refractivity contribution is 6.01. The second-order valence-electron chi connectivity index (χ2n) is 8.44. The zero-order valence-electron chi connectivity index (χ0n) is 17.9. The summed E-state index contributed by atoms with van der Waals surface area (Å²) in [6.07, 6.45) is 0.160. The molecule has 0 aromatic heterocycles. The summed E-state index contributed by atoms with van der Waals surface area (Å²) in [5, 5.41) is 4.92. The number of piperazine rings is 1. The topological polar surface area (TPSA) is 76.2 Å². The molecule has 10 heteroatoms. The first-order valence-corrected chi connectivity index (χ1v) is 10.9. The van der Waals surface area contributed by atoms with Crippen molar-refractivity contribution in [1.82, 2.24) is 20.2 Å². The Morgan fingerprint density at radius 1 is 0.848 bits per heavy atom. The van der Waals surface area contributed by atoms with Gasteiger partial charge in [0.15, 0.2) is 11.6 Å². The predicted molar refractivity (Wildman–Crippen MR) is 115 cm³/mol. The van der Waals surface area contributed by atoms with Crippen molar-refractivity contribution in [3.8, 4) is 0 Å². The van der Waals surface area contributed by atoms with Gasteiger partial charge in [0.25, 0.3) is 5.91 Å². The Balaban J connectivity index is 1.21. The van der Waals surface area contributed by atoms with E-state index in [9.17, 15) is 23.2 Å². The number of nitrogens with zero attached hydrogens (tertiary/aromatic N) is 4. The van der Waals surface area contributed by atoms with Crippen LogP contribution in [0.5, 0.6) is 0 Å². The number of benzene rings is 2. The van der Waals surface area contributed by atoms with Gasteiger partial charge in [-0.3, -0.25) is 19.8 Å². The van der Waals surface area contributed by atoms with E-state index in [1.165, 1.54) is 16.1 Å². The van der Waals surface area contributed by atoms with Gasteiger partial charge in [0.1, 0.15) is 0 Å². The van der Waals surface area contributed by atoms with Crippen LogP contribution < -0.4 is 10.2 Å². The number of halogens is 2. The number of hydrogen-bond donors (Lipinski definition) is 1. The van der Waals surface area contributed by atoms with Crippen molar-refractivity contribution < 1.29 is 23.2 Å². The molecule has 2 fully saturated rings. The number of rotatable bonds is 4. The van der Waals surface area contributed by atoms with E-state index in [0.29, 0.717) is 30.9 Å². The van der Waals surface area contributed by atoms with Crippen molar-refractivity contribution in [3.63, 3.8) is 0 Å². The number of amides is 4. The third-order valence-electron chi connectivity index (χ3n) is 6.32. The molecule has 3 aliphatic heterocycles. The van der Waals surface area contributed by atoms with Crippen molar-refractivity contribution in [3.05, 3.63) is 64.7 Å². The van der Waals surface area contributed by atoms with Crippen molar-refractivity contribution in [1.29, 1.82) is 0 Å². The molecule has 0 unspecified atom stereocenters. The lowest BCUT2D eigenvalue weighted by Crippen LogP contribution is -2.56. The van der Waals surface area contributed by atoms with Gasteiger partial charge in [-0.1, -0.05) is 12.1 Å². The summed E-state index contributed by atoms with van der Waals surface area (Å²) in [6, 6.07) is 9.09. The maximum atomic E-state index is 13.5. The number of urea groups is 1. The van der Waals surface area contributed by atoms with Gasteiger partial charge < -0.3 is 4.90 Å². The first kappa shape index (κ1) is 21.3.